The van der Waals surface area contributed by atoms with Gasteiger partial charge in [0.1, 0.15) is 0 Å². The Hall–Kier alpha value is -2.04. The smallest absolute Gasteiger partial charge is 0.321 e. The first-order valence-corrected chi connectivity index (χ1v) is 7.03. The maximum Gasteiger partial charge on any atom is 0.321 e. The summed E-state index contributed by atoms with van der Waals surface area (Å²) >= 11 is 0. The first-order valence-electron chi connectivity index (χ1n) is 7.03. The van der Waals surface area contributed by atoms with E-state index in [9.17, 15) is 9.59 Å². The van der Waals surface area contributed by atoms with Gasteiger partial charge in [-0.15, -0.1) is 0 Å². The quantitative estimate of drug-likeness (QED) is 0.876. The molecule has 0 aliphatic heterocycles. The number of carbonyl (C=O) groups excluding carboxylic acids is 1. The molecule has 0 spiro atoms. The number of carboxylic acids is 1. The van der Waals surface area contributed by atoms with Gasteiger partial charge in [0.05, 0.1) is 6.42 Å². The topological polar surface area (TPSA) is 69.6 Å². The molecule has 5 heteroatoms. The Labute approximate surface area is 126 Å². The molecule has 5 nitrogen and oxygen atoms in total. The van der Waals surface area contributed by atoms with Crippen LogP contribution in [-0.4, -0.2) is 30.2 Å². The highest BCUT2D eigenvalue weighted by molar-refractivity contribution is 5.92. The van der Waals surface area contributed by atoms with Gasteiger partial charge >= 0.3 is 12.0 Å². The molecular weight excluding hydrogens is 268 g/mol. The maximum atomic E-state index is 12.3. The number of benzene rings is 1. The summed E-state index contributed by atoms with van der Waals surface area (Å²) in [6.45, 7) is 8.73. The molecule has 1 rings (SSSR count). The van der Waals surface area contributed by atoms with Crippen LogP contribution in [-0.2, 0) is 4.79 Å². The number of hydrogen-bond acceptors (Lipinski definition) is 2. The molecule has 0 bridgehead atoms. The first kappa shape index (κ1) is 17.0. The number of nitrogens with one attached hydrogen (secondary N) is 1. The predicted octanol–water partition coefficient (Wildman–Crippen LogP) is 3.03. The lowest BCUT2D eigenvalue weighted by Gasteiger charge is -2.26. The normalized spacial score (nSPS) is 11.0. The molecule has 116 valence electrons. The maximum absolute atomic E-state index is 12.3. The van der Waals surface area contributed by atoms with Crippen LogP contribution in [0.5, 0.6) is 0 Å². The number of carboxylic acid groups (broad SMARTS) is 1. The van der Waals surface area contributed by atoms with E-state index in [4.69, 9.17) is 5.11 Å². The fourth-order valence-corrected chi connectivity index (χ4v) is 1.72. The molecule has 0 unspecified atom stereocenters. The van der Waals surface area contributed by atoms with Gasteiger partial charge in [0.25, 0.3) is 0 Å². The summed E-state index contributed by atoms with van der Waals surface area (Å²) in [4.78, 5) is 24.6. The van der Waals surface area contributed by atoms with Crippen molar-refractivity contribution in [1.29, 1.82) is 0 Å². The van der Waals surface area contributed by atoms with Crippen molar-refractivity contribution in [2.45, 2.75) is 34.1 Å². The van der Waals surface area contributed by atoms with Gasteiger partial charge in [-0.1, -0.05) is 38.5 Å². The van der Waals surface area contributed by atoms with Gasteiger partial charge in [-0.05, 0) is 24.5 Å². The zero-order chi connectivity index (χ0) is 16.0. The molecule has 0 aromatic heterocycles. The van der Waals surface area contributed by atoms with Crippen molar-refractivity contribution >= 4 is 17.7 Å². The van der Waals surface area contributed by atoms with Crippen LogP contribution in [0.25, 0.3) is 0 Å². The summed E-state index contributed by atoms with van der Waals surface area (Å²) in [5.41, 5.74) is 1.77. The molecule has 21 heavy (non-hydrogen) atoms. The van der Waals surface area contributed by atoms with Gasteiger partial charge in [0.2, 0.25) is 0 Å². The van der Waals surface area contributed by atoms with Gasteiger partial charge in [-0.3, -0.25) is 9.69 Å². The van der Waals surface area contributed by atoms with Crippen molar-refractivity contribution in [2.24, 2.45) is 5.41 Å². The van der Waals surface area contributed by atoms with Gasteiger partial charge in [0, 0.05) is 18.8 Å². The zero-order valence-electron chi connectivity index (χ0n) is 13.1. The van der Waals surface area contributed by atoms with E-state index in [1.54, 1.807) is 0 Å². The molecule has 1 aromatic rings. The van der Waals surface area contributed by atoms with E-state index < -0.39 is 5.97 Å². The van der Waals surface area contributed by atoms with Crippen molar-refractivity contribution in [3.8, 4) is 0 Å². The van der Waals surface area contributed by atoms with Crippen molar-refractivity contribution < 1.29 is 14.7 Å². The van der Waals surface area contributed by atoms with Gasteiger partial charge in [0.15, 0.2) is 0 Å². The summed E-state index contributed by atoms with van der Waals surface area (Å²) in [7, 11) is 0. The van der Waals surface area contributed by atoms with E-state index in [1.165, 1.54) is 4.90 Å². The molecule has 0 saturated heterocycles. The number of urea groups is 1. The third kappa shape index (κ3) is 6.29. The molecule has 0 fully saturated rings. The van der Waals surface area contributed by atoms with Crippen LogP contribution in [0.15, 0.2) is 24.3 Å². The summed E-state index contributed by atoms with van der Waals surface area (Å²) in [6, 6.07) is 7.19. The van der Waals surface area contributed by atoms with E-state index >= 15 is 0 Å². The molecule has 0 heterocycles. The molecular formula is C16H24N2O3. The van der Waals surface area contributed by atoms with E-state index in [1.807, 2.05) is 52.0 Å². The van der Waals surface area contributed by atoms with Gasteiger partial charge in [-0.2, -0.15) is 0 Å². The molecule has 2 amide bonds. The number of rotatable bonds is 5. The number of anilines is 1. The van der Waals surface area contributed by atoms with Crippen molar-refractivity contribution in [3.63, 3.8) is 0 Å². The number of aliphatic carboxylic acids is 1. The third-order valence-corrected chi connectivity index (χ3v) is 2.91. The number of amides is 2. The van der Waals surface area contributed by atoms with E-state index in [-0.39, 0.29) is 24.4 Å². The fraction of sp³-hybridized carbons (Fsp3) is 0.500. The molecule has 2 N–H and O–H groups in total. The Morgan fingerprint density at radius 2 is 1.76 bits per heavy atom. The summed E-state index contributed by atoms with van der Waals surface area (Å²) < 4.78 is 0. The highest BCUT2D eigenvalue weighted by Crippen LogP contribution is 2.17. The summed E-state index contributed by atoms with van der Waals surface area (Å²) in [5.74, 6) is -0.921. The largest absolute Gasteiger partial charge is 0.481 e. The van der Waals surface area contributed by atoms with Gasteiger partial charge in [-0.25, -0.2) is 4.79 Å². The second kappa shape index (κ2) is 7.11. The Balaban J connectivity index is 2.83. The average molecular weight is 292 g/mol. The van der Waals surface area contributed by atoms with Crippen LogP contribution in [0.3, 0.4) is 0 Å². The molecule has 0 radical (unpaired) electrons. The van der Waals surface area contributed by atoms with Crippen molar-refractivity contribution in [3.05, 3.63) is 29.8 Å². The molecule has 0 aliphatic carbocycles. The Bertz CT molecular complexity index is 489. The zero-order valence-corrected chi connectivity index (χ0v) is 13.1. The lowest BCUT2D eigenvalue weighted by molar-refractivity contribution is -0.136. The average Bonchev–Trinajstić information content (AvgIpc) is 2.37. The lowest BCUT2D eigenvalue weighted by atomic mass is 9.97. The van der Waals surface area contributed by atoms with Crippen LogP contribution in [0.4, 0.5) is 10.5 Å². The van der Waals surface area contributed by atoms with Crippen LogP contribution in [0, 0.1) is 12.3 Å². The highest BCUT2D eigenvalue weighted by Gasteiger charge is 2.19. The predicted molar refractivity (Wildman–Crippen MR) is 83.6 cm³/mol. The van der Waals surface area contributed by atoms with Crippen LogP contribution >= 0.6 is 0 Å². The minimum Gasteiger partial charge on any atom is -0.481 e. The van der Waals surface area contributed by atoms with E-state index in [0.717, 1.165) is 5.56 Å². The summed E-state index contributed by atoms with van der Waals surface area (Å²) in [6.07, 6.45) is -0.0865. The first-order chi connectivity index (χ1) is 9.69. The lowest BCUT2D eigenvalue weighted by Crippen LogP contribution is -2.44. The molecule has 1 aromatic carbocycles. The van der Waals surface area contributed by atoms with E-state index in [2.05, 4.69) is 5.32 Å². The Kier molecular flexibility index (Phi) is 5.76. The number of carbonyl (C=O) groups is 2. The number of aryl methyl sites for hydroxylation is 1. The minimum absolute atomic E-state index is 0.0264. The summed E-state index contributed by atoms with van der Waals surface area (Å²) in [5, 5.41) is 11.7. The van der Waals surface area contributed by atoms with Crippen LogP contribution < -0.4 is 10.2 Å². The van der Waals surface area contributed by atoms with Crippen molar-refractivity contribution in [2.75, 3.05) is 18.0 Å². The number of nitrogens with zero attached hydrogens (tertiary/aromatic N) is 1. The molecule has 0 aliphatic rings. The highest BCUT2D eigenvalue weighted by atomic mass is 16.4. The molecule has 0 atom stereocenters. The Morgan fingerprint density at radius 1 is 1.19 bits per heavy atom. The fourth-order valence-electron chi connectivity index (χ4n) is 1.72. The third-order valence-electron chi connectivity index (χ3n) is 2.91. The second-order valence-corrected chi connectivity index (χ2v) is 6.35. The van der Waals surface area contributed by atoms with E-state index in [0.29, 0.717) is 12.2 Å². The minimum atomic E-state index is -0.921. The van der Waals surface area contributed by atoms with Crippen molar-refractivity contribution in [1.82, 2.24) is 5.32 Å². The monoisotopic (exact) mass is 292 g/mol. The second-order valence-electron chi connectivity index (χ2n) is 6.35. The molecule has 0 saturated carbocycles. The van der Waals surface area contributed by atoms with Crippen LogP contribution in [0.1, 0.15) is 32.8 Å². The standard InChI is InChI=1S/C16H24N2O3/c1-12-5-7-13(8-6-12)18(10-9-14(19)20)15(21)17-11-16(2,3)4/h5-8H,9-11H2,1-4H3,(H,17,21)(H,19,20). The van der Waals surface area contributed by atoms with Gasteiger partial charge < -0.3 is 10.4 Å². The number of hydrogen-bond donors (Lipinski definition) is 2. The van der Waals surface area contributed by atoms with Crippen LogP contribution in [0.2, 0.25) is 0 Å². The Morgan fingerprint density at radius 3 is 2.24 bits per heavy atom. The SMILES string of the molecule is Cc1ccc(N(CCC(=O)O)C(=O)NCC(C)(C)C)cc1.